The number of rotatable bonds is 6. The van der Waals surface area contributed by atoms with Gasteiger partial charge >= 0.3 is 5.69 Å². The van der Waals surface area contributed by atoms with Crippen LogP contribution in [-0.4, -0.2) is 41.1 Å². The van der Waals surface area contributed by atoms with E-state index >= 15 is 0 Å². The fraction of sp³-hybridized carbons (Fsp3) is 0.276. The first-order chi connectivity index (χ1) is 19.0. The molecule has 0 bridgehead atoms. The van der Waals surface area contributed by atoms with Crippen molar-refractivity contribution in [1.29, 1.82) is 0 Å². The van der Waals surface area contributed by atoms with E-state index in [1.807, 2.05) is 53.1 Å². The Bertz CT molecular complexity index is 1700. The van der Waals surface area contributed by atoms with Gasteiger partial charge in [-0.25, -0.2) is 9.48 Å². The smallest absolute Gasteiger partial charge is 0.333 e. The zero-order chi connectivity index (χ0) is 26.9. The second kappa shape index (κ2) is 10.5. The average Bonchev–Trinajstić information content (AvgIpc) is 3.58. The van der Waals surface area contributed by atoms with Crippen LogP contribution < -0.4 is 11.0 Å². The summed E-state index contributed by atoms with van der Waals surface area (Å²) in [6.07, 6.45) is 8.51. The molecule has 0 aliphatic heterocycles. The zero-order valence-electron chi connectivity index (χ0n) is 21.5. The third-order valence-corrected chi connectivity index (χ3v) is 7.74. The highest BCUT2D eigenvalue weighted by molar-refractivity contribution is 6.30. The van der Waals surface area contributed by atoms with Gasteiger partial charge in [-0.3, -0.25) is 18.9 Å². The van der Waals surface area contributed by atoms with E-state index in [0.717, 1.165) is 48.1 Å². The van der Waals surface area contributed by atoms with Crippen LogP contribution in [0, 0.1) is 12.8 Å². The van der Waals surface area contributed by atoms with Crippen LogP contribution in [0.1, 0.15) is 41.7 Å². The summed E-state index contributed by atoms with van der Waals surface area (Å²) in [4.78, 5) is 30.8. The summed E-state index contributed by atoms with van der Waals surface area (Å²) in [7, 11) is 0. The molecule has 1 saturated carbocycles. The summed E-state index contributed by atoms with van der Waals surface area (Å²) in [5.74, 6) is 0.199. The van der Waals surface area contributed by atoms with Gasteiger partial charge in [-0.1, -0.05) is 35.0 Å². The van der Waals surface area contributed by atoms with Gasteiger partial charge in [0.1, 0.15) is 0 Å². The van der Waals surface area contributed by atoms with Gasteiger partial charge in [-0.15, -0.1) is 5.10 Å². The number of carbonyl (C=O) groups is 1. The van der Waals surface area contributed by atoms with E-state index < -0.39 is 0 Å². The Hall–Kier alpha value is -4.24. The normalized spacial score (nSPS) is 17.4. The average molecular weight is 542 g/mol. The molecule has 0 saturated heterocycles. The number of carbonyl (C=O) groups excluding carboxylic acids is 1. The van der Waals surface area contributed by atoms with E-state index in [1.165, 1.54) is 0 Å². The molecule has 0 radical (unpaired) electrons. The van der Waals surface area contributed by atoms with Crippen molar-refractivity contribution in [3.8, 4) is 11.4 Å². The first-order valence-corrected chi connectivity index (χ1v) is 13.5. The number of imidazole rings is 1. The highest BCUT2D eigenvalue weighted by Gasteiger charge is 2.25. The zero-order valence-corrected chi connectivity index (χ0v) is 22.3. The predicted octanol–water partition coefficient (Wildman–Crippen LogP) is 4.72. The van der Waals surface area contributed by atoms with Crippen molar-refractivity contribution in [2.75, 3.05) is 0 Å². The molecule has 3 aromatic heterocycles. The third-order valence-electron chi connectivity index (χ3n) is 7.53. The number of nitrogens with one attached hydrogen (secondary N) is 1. The molecule has 0 atom stereocenters. The Labute approximate surface area is 230 Å². The molecular weight excluding hydrogens is 514 g/mol. The summed E-state index contributed by atoms with van der Waals surface area (Å²) in [5.41, 5.74) is 4.49. The number of benzene rings is 2. The number of aryl methyl sites for hydroxylation is 1. The minimum absolute atomic E-state index is 0.0636. The lowest BCUT2D eigenvalue weighted by Crippen LogP contribution is -2.39. The fourth-order valence-electron chi connectivity index (χ4n) is 5.50. The molecular formula is C29H28ClN7O2. The van der Waals surface area contributed by atoms with Crippen LogP contribution >= 0.6 is 11.6 Å². The van der Waals surface area contributed by atoms with Crippen LogP contribution in [0.5, 0.6) is 0 Å². The number of para-hydroxylation sites is 2. The van der Waals surface area contributed by atoms with Crippen molar-refractivity contribution < 1.29 is 4.79 Å². The molecule has 198 valence electrons. The first-order valence-electron chi connectivity index (χ1n) is 13.1. The molecule has 39 heavy (non-hydrogen) atoms. The maximum Gasteiger partial charge on any atom is 0.333 e. The Morgan fingerprint density at radius 1 is 1.03 bits per heavy atom. The van der Waals surface area contributed by atoms with Crippen molar-refractivity contribution in [2.24, 2.45) is 5.92 Å². The van der Waals surface area contributed by atoms with E-state index in [4.69, 9.17) is 11.6 Å². The molecule has 5 aromatic rings. The van der Waals surface area contributed by atoms with Gasteiger partial charge in [0.05, 0.1) is 51.1 Å². The number of fused-ring (bicyclic) bond motifs is 1. The number of aromatic nitrogens is 6. The minimum Gasteiger partial charge on any atom is -0.349 e. The quantitative estimate of drug-likeness (QED) is 0.335. The Kier molecular flexibility index (Phi) is 6.74. The van der Waals surface area contributed by atoms with E-state index in [0.29, 0.717) is 28.7 Å². The van der Waals surface area contributed by atoms with E-state index in [2.05, 4.69) is 20.6 Å². The summed E-state index contributed by atoms with van der Waals surface area (Å²) in [5, 5.41) is 11.6. The maximum absolute atomic E-state index is 13.8. The van der Waals surface area contributed by atoms with Crippen LogP contribution in [0.2, 0.25) is 5.02 Å². The Balaban J connectivity index is 1.20. The van der Waals surface area contributed by atoms with Crippen LogP contribution in [0.25, 0.3) is 22.4 Å². The van der Waals surface area contributed by atoms with Gasteiger partial charge in [0.25, 0.3) is 5.91 Å². The number of hydrogen-bond acceptors (Lipinski definition) is 5. The summed E-state index contributed by atoms with van der Waals surface area (Å²) < 4.78 is 5.33. The SMILES string of the molecule is Cc1ncc(Cl)cc1C(=O)N[C@H]1CC[C@H](Cn2c(=O)n(-c3cccc(-n4ccnn4)c3)c3ccccc32)CC1. The second-order valence-electron chi connectivity index (χ2n) is 10.1. The number of hydrogen-bond donors (Lipinski definition) is 1. The van der Waals surface area contributed by atoms with Crippen LogP contribution in [0.4, 0.5) is 0 Å². The van der Waals surface area contributed by atoms with Crippen LogP contribution in [0.3, 0.4) is 0 Å². The van der Waals surface area contributed by atoms with Crippen molar-refractivity contribution in [2.45, 2.75) is 45.2 Å². The molecule has 3 heterocycles. The summed E-state index contributed by atoms with van der Waals surface area (Å²) in [6.45, 7) is 2.44. The maximum atomic E-state index is 13.8. The van der Waals surface area contributed by atoms with Gasteiger partial charge in [0, 0.05) is 18.8 Å². The van der Waals surface area contributed by atoms with Gasteiger partial charge in [-0.05, 0) is 74.9 Å². The van der Waals surface area contributed by atoms with Gasteiger partial charge in [-0.2, -0.15) is 0 Å². The van der Waals surface area contributed by atoms with Crippen molar-refractivity contribution in [1.82, 2.24) is 34.4 Å². The molecule has 6 rings (SSSR count). The first kappa shape index (κ1) is 25.1. The Morgan fingerprint density at radius 2 is 1.79 bits per heavy atom. The molecule has 10 heteroatoms. The molecule has 1 fully saturated rings. The number of nitrogens with zero attached hydrogens (tertiary/aromatic N) is 6. The van der Waals surface area contributed by atoms with E-state index in [9.17, 15) is 9.59 Å². The standard InChI is InChI=1S/C29H28ClN7O2/c1-19-25(15-21(30)17-31-19)28(38)33-22-11-9-20(10-12-22)18-35-26-7-2-3-8-27(26)37(29(35)39)24-6-4-5-23(16-24)36-14-13-32-34-36/h2-8,13-17,20,22H,9-12,18H2,1H3,(H,33,38)/t20-,22-. The van der Waals surface area contributed by atoms with E-state index in [-0.39, 0.29) is 17.6 Å². The number of amides is 1. The van der Waals surface area contributed by atoms with Crippen LogP contribution in [-0.2, 0) is 6.54 Å². The molecule has 1 aliphatic rings. The van der Waals surface area contributed by atoms with Crippen molar-refractivity contribution in [3.05, 3.63) is 100.0 Å². The molecule has 0 spiro atoms. The number of halogens is 1. The van der Waals surface area contributed by atoms with Crippen LogP contribution in [0.15, 0.2) is 78.0 Å². The lowest BCUT2D eigenvalue weighted by Gasteiger charge is -2.29. The summed E-state index contributed by atoms with van der Waals surface area (Å²) in [6, 6.07) is 17.4. The molecule has 2 aromatic carbocycles. The van der Waals surface area contributed by atoms with Gasteiger partial charge in [0.15, 0.2) is 0 Å². The molecule has 1 N–H and O–H groups in total. The monoisotopic (exact) mass is 541 g/mol. The lowest BCUT2D eigenvalue weighted by atomic mass is 9.85. The predicted molar refractivity (Wildman–Crippen MR) is 150 cm³/mol. The topological polar surface area (TPSA) is 99.6 Å². The number of pyridine rings is 1. The molecule has 1 amide bonds. The highest BCUT2D eigenvalue weighted by Crippen LogP contribution is 2.28. The van der Waals surface area contributed by atoms with Crippen molar-refractivity contribution in [3.63, 3.8) is 0 Å². The minimum atomic E-state index is -0.140. The van der Waals surface area contributed by atoms with Gasteiger partial charge in [0.2, 0.25) is 0 Å². The molecule has 9 nitrogen and oxygen atoms in total. The largest absolute Gasteiger partial charge is 0.349 e. The van der Waals surface area contributed by atoms with Gasteiger partial charge < -0.3 is 5.32 Å². The summed E-state index contributed by atoms with van der Waals surface area (Å²) >= 11 is 6.05. The second-order valence-corrected chi connectivity index (χ2v) is 10.5. The third kappa shape index (κ3) is 4.97. The highest BCUT2D eigenvalue weighted by atomic mass is 35.5. The molecule has 0 unspecified atom stereocenters. The van der Waals surface area contributed by atoms with Crippen molar-refractivity contribution >= 4 is 28.5 Å². The fourth-order valence-corrected chi connectivity index (χ4v) is 5.66. The molecule has 1 aliphatic carbocycles. The van der Waals surface area contributed by atoms with E-state index in [1.54, 1.807) is 40.8 Å². The lowest BCUT2D eigenvalue weighted by molar-refractivity contribution is 0.0919. The Morgan fingerprint density at radius 3 is 2.56 bits per heavy atom.